The molecular weight excluding hydrogens is 304 g/mol. The SMILES string of the molecule is O=S(=O)(NCCC1CCCC1)c1cc(CNC2CC2)cs1. The largest absolute Gasteiger partial charge is 0.310 e. The van der Waals surface area contributed by atoms with E-state index in [9.17, 15) is 8.42 Å². The number of nitrogens with one attached hydrogen (secondary N) is 2. The van der Waals surface area contributed by atoms with Crippen LogP contribution in [0.15, 0.2) is 15.7 Å². The van der Waals surface area contributed by atoms with Crippen LogP contribution in [0.5, 0.6) is 0 Å². The third-order valence-corrected chi connectivity index (χ3v) is 7.34. The summed E-state index contributed by atoms with van der Waals surface area (Å²) in [6, 6.07) is 2.45. The molecule has 1 aromatic rings. The van der Waals surface area contributed by atoms with Gasteiger partial charge in [-0.05, 0) is 42.2 Å². The van der Waals surface area contributed by atoms with Crippen LogP contribution in [0.3, 0.4) is 0 Å². The van der Waals surface area contributed by atoms with Gasteiger partial charge in [0.1, 0.15) is 4.21 Å². The summed E-state index contributed by atoms with van der Waals surface area (Å²) in [6.45, 7) is 1.35. The van der Waals surface area contributed by atoms with Gasteiger partial charge >= 0.3 is 0 Å². The van der Waals surface area contributed by atoms with Gasteiger partial charge in [0.2, 0.25) is 10.0 Å². The summed E-state index contributed by atoms with van der Waals surface area (Å²) in [6.07, 6.45) is 8.60. The highest BCUT2D eigenvalue weighted by Crippen LogP contribution is 2.27. The van der Waals surface area contributed by atoms with Crippen molar-refractivity contribution in [2.45, 2.75) is 61.7 Å². The van der Waals surface area contributed by atoms with E-state index in [0.717, 1.165) is 18.5 Å². The van der Waals surface area contributed by atoms with Crippen LogP contribution in [0.4, 0.5) is 0 Å². The Balaban J connectivity index is 1.48. The zero-order valence-electron chi connectivity index (χ0n) is 12.3. The molecule has 0 aliphatic heterocycles. The van der Waals surface area contributed by atoms with E-state index in [1.807, 2.05) is 5.38 Å². The molecule has 0 aromatic carbocycles. The minimum atomic E-state index is -3.31. The van der Waals surface area contributed by atoms with Crippen molar-refractivity contribution in [3.63, 3.8) is 0 Å². The van der Waals surface area contributed by atoms with Crippen LogP contribution >= 0.6 is 11.3 Å². The van der Waals surface area contributed by atoms with Crippen LogP contribution in [0.25, 0.3) is 0 Å². The van der Waals surface area contributed by atoms with Crippen LogP contribution in [0, 0.1) is 5.92 Å². The van der Waals surface area contributed by atoms with Crippen molar-refractivity contribution in [2.75, 3.05) is 6.54 Å². The molecule has 1 heterocycles. The van der Waals surface area contributed by atoms with Crippen molar-refractivity contribution in [1.82, 2.24) is 10.0 Å². The van der Waals surface area contributed by atoms with Crippen LogP contribution in [-0.4, -0.2) is 21.0 Å². The van der Waals surface area contributed by atoms with E-state index in [-0.39, 0.29) is 0 Å². The molecule has 4 nitrogen and oxygen atoms in total. The normalized spacial score (nSPS) is 20.2. The summed E-state index contributed by atoms with van der Waals surface area (Å²) in [4.78, 5) is 0. The second-order valence-electron chi connectivity index (χ2n) is 6.27. The Bertz CT molecular complexity index is 558. The summed E-state index contributed by atoms with van der Waals surface area (Å²) in [7, 11) is -3.31. The lowest BCUT2D eigenvalue weighted by Crippen LogP contribution is -2.25. The Morgan fingerprint density at radius 1 is 1.19 bits per heavy atom. The molecule has 0 bridgehead atoms. The molecule has 2 N–H and O–H groups in total. The standard InChI is InChI=1S/C15H24N2O2S2/c18-21(19,17-8-7-12-3-1-2-4-12)15-9-13(11-20-15)10-16-14-5-6-14/h9,11-12,14,16-17H,1-8,10H2. The maximum atomic E-state index is 12.2. The van der Waals surface area contributed by atoms with Gasteiger partial charge in [0.05, 0.1) is 0 Å². The monoisotopic (exact) mass is 328 g/mol. The summed E-state index contributed by atoms with van der Waals surface area (Å²) in [5, 5.41) is 5.35. The van der Waals surface area contributed by atoms with Crippen LogP contribution < -0.4 is 10.0 Å². The fraction of sp³-hybridized carbons (Fsp3) is 0.733. The van der Waals surface area contributed by atoms with Gasteiger partial charge in [0, 0.05) is 19.1 Å². The molecule has 2 aliphatic rings. The Labute approximate surface area is 131 Å². The molecule has 2 aliphatic carbocycles. The minimum Gasteiger partial charge on any atom is -0.310 e. The maximum Gasteiger partial charge on any atom is 0.250 e. The lowest BCUT2D eigenvalue weighted by molar-refractivity contribution is 0.496. The highest BCUT2D eigenvalue weighted by atomic mass is 32.2. The molecule has 0 radical (unpaired) electrons. The van der Waals surface area contributed by atoms with Crippen LogP contribution in [0.1, 0.15) is 50.5 Å². The summed E-state index contributed by atoms with van der Waals surface area (Å²) >= 11 is 1.32. The molecule has 21 heavy (non-hydrogen) atoms. The zero-order valence-corrected chi connectivity index (χ0v) is 13.9. The molecule has 0 unspecified atom stereocenters. The van der Waals surface area contributed by atoms with Gasteiger partial charge < -0.3 is 5.32 Å². The molecule has 118 valence electrons. The van der Waals surface area contributed by atoms with Crippen molar-refractivity contribution in [1.29, 1.82) is 0 Å². The van der Waals surface area contributed by atoms with Crippen LogP contribution in [0.2, 0.25) is 0 Å². The molecule has 0 saturated heterocycles. The van der Waals surface area contributed by atoms with Crippen molar-refractivity contribution in [3.8, 4) is 0 Å². The average molecular weight is 329 g/mol. The Morgan fingerprint density at radius 2 is 1.95 bits per heavy atom. The van der Waals surface area contributed by atoms with E-state index in [4.69, 9.17) is 0 Å². The van der Waals surface area contributed by atoms with E-state index in [1.54, 1.807) is 6.07 Å². The third-order valence-electron chi connectivity index (χ3n) is 4.39. The molecule has 6 heteroatoms. The van der Waals surface area contributed by atoms with Gasteiger partial charge in [-0.1, -0.05) is 25.7 Å². The quantitative estimate of drug-likeness (QED) is 0.771. The van der Waals surface area contributed by atoms with Gasteiger partial charge in [0.25, 0.3) is 0 Å². The molecule has 0 spiro atoms. The van der Waals surface area contributed by atoms with Crippen molar-refractivity contribution < 1.29 is 8.42 Å². The van der Waals surface area contributed by atoms with Gasteiger partial charge in [-0.2, -0.15) is 0 Å². The van der Waals surface area contributed by atoms with Crippen molar-refractivity contribution >= 4 is 21.4 Å². The number of hydrogen-bond acceptors (Lipinski definition) is 4. The smallest absolute Gasteiger partial charge is 0.250 e. The minimum absolute atomic E-state index is 0.446. The molecule has 3 rings (SSSR count). The first-order valence-electron chi connectivity index (χ1n) is 7.94. The topological polar surface area (TPSA) is 58.2 Å². The Hall–Kier alpha value is -0.430. The van der Waals surface area contributed by atoms with Crippen molar-refractivity contribution in [2.24, 2.45) is 5.92 Å². The van der Waals surface area contributed by atoms with Gasteiger partial charge in [-0.15, -0.1) is 11.3 Å². The third kappa shape index (κ3) is 4.52. The highest BCUT2D eigenvalue weighted by molar-refractivity contribution is 7.91. The van der Waals surface area contributed by atoms with Crippen LogP contribution in [-0.2, 0) is 16.6 Å². The van der Waals surface area contributed by atoms with E-state index in [0.29, 0.717) is 22.7 Å². The molecule has 2 saturated carbocycles. The molecule has 0 amide bonds. The molecule has 2 fully saturated rings. The van der Waals surface area contributed by atoms with Gasteiger partial charge in [-0.3, -0.25) is 0 Å². The number of hydrogen-bond donors (Lipinski definition) is 2. The predicted octanol–water partition coefficient (Wildman–Crippen LogP) is 2.86. The summed E-state index contributed by atoms with van der Waals surface area (Å²) in [5.74, 6) is 0.717. The summed E-state index contributed by atoms with van der Waals surface area (Å²) < 4.78 is 27.7. The maximum absolute atomic E-state index is 12.2. The predicted molar refractivity (Wildman–Crippen MR) is 85.9 cm³/mol. The molecule has 1 aromatic heterocycles. The van der Waals surface area contributed by atoms with E-state index < -0.39 is 10.0 Å². The first-order valence-corrected chi connectivity index (χ1v) is 10.3. The fourth-order valence-corrected chi connectivity index (χ4v) is 5.21. The Morgan fingerprint density at radius 3 is 2.67 bits per heavy atom. The second kappa shape index (κ2) is 6.77. The first-order chi connectivity index (χ1) is 10.1. The number of rotatable bonds is 8. The van der Waals surface area contributed by atoms with Gasteiger partial charge in [0.15, 0.2) is 0 Å². The number of sulfonamides is 1. The molecular formula is C15H24N2O2S2. The zero-order chi connectivity index (χ0) is 14.7. The Kier molecular flexibility index (Phi) is 4.99. The average Bonchev–Trinajstić information content (AvgIpc) is 2.93. The van der Waals surface area contributed by atoms with E-state index >= 15 is 0 Å². The first kappa shape index (κ1) is 15.5. The summed E-state index contributed by atoms with van der Waals surface area (Å²) in [5.41, 5.74) is 1.07. The fourth-order valence-electron chi connectivity index (χ4n) is 2.90. The lowest BCUT2D eigenvalue weighted by atomic mass is 10.1. The van der Waals surface area contributed by atoms with E-state index in [1.165, 1.54) is 49.9 Å². The van der Waals surface area contributed by atoms with Crippen molar-refractivity contribution in [3.05, 3.63) is 17.0 Å². The van der Waals surface area contributed by atoms with Gasteiger partial charge in [-0.25, -0.2) is 13.1 Å². The second-order valence-corrected chi connectivity index (χ2v) is 9.17. The van der Waals surface area contributed by atoms with E-state index in [2.05, 4.69) is 10.0 Å². The highest BCUT2D eigenvalue weighted by Gasteiger charge is 2.22. The lowest BCUT2D eigenvalue weighted by Gasteiger charge is -2.09. The number of thiophene rings is 1. The molecule has 0 atom stereocenters.